The molecule has 0 saturated heterocycles. The van der Waals surface area contributed by atoms with Gasteiger partial charge in [0.2, 0.25) is 17.7 Å². The van der Waals surface area contributed by atoms with E-state index in [1.54, 1.807) is 54.6 Å². The topological polar surface area (TPSA) is 247 Å². The molecule has 4 rings (SSSR count). The quantitative estimate of drug-likeness (QED) is 0.0161. The maximum Gasteiger partial charge on any atom is 0.315 e. The first kappa shape index (κ1) is 36.1. The molecule has 0 atom stereocenters. The number of benzene rings is 3. The van der Waals surface area contributed by atoms with Gasteiger partial charge in [-0.25, -0.2) is 8.42 Å². The van der Waals surface area contributed by atoms with Crippen molar-refractivity contribution in [1.29, 1.82) is 0 Å². The number of azo groups is 1. The van der Waals surface area contributed by atoms with Gasteiger partial charge in [-0.1, -0.05) is 49.0 Å². The summed E-state index contributed by atoms with van der Waals surface area (Å²) in [6.07, 6.45) is -0.644. The Balaban J connectivity index is 1.59. The maximum absolute atomic E-state index is 14.3. The number of halogens is 1. The van der Waals surface area contributed by atoms with E-state index >= 15 is 0 Å². The highest BCUT2D eigenvalue weighted by Crippen LogP contribution is 2.37. The number of aromatic nitrogens is 3. The predicted molar refractivity (Wildman–Crippen MR) is 177 cm³/mol. The highest BCUT2D eigenvalue weighted by Gasteiger charge is 2.19. The standard InChI is InChI=1S/C29H28FN9O8S2/c1-2-48(42,43)15-14-47-13-12-31-28-33-27(30)34-29(35-28)32-23-16-21(49(44,45)46)17-24(25(23)41)37-39-26(19-8-4-3-5-9-19)38-36-22-11-7-6-10-20(22)18-40/h2-11,16-18,37,41H,1,12-15H2,(H,44,45,46)(H2,31,32,33,34,35). The lowest BCUT2D eigenvalue weighted by atomic mass is 10.2. The molecule has 0 unspecified atom stereocenters. The van der Waals surface area contributed by atoms with Crippen LogP contribution in [-0.2, 0) is 24.7 Å². The molecule has 0 aliphatic rings. The number of amidine groups is 1. The summed E-state index contributed by atoms with van der Waals surface area (Å²) in [6, 6.07) is 16.5. The molecule has 0 saturated carbocycles. The smallest absolute Gasteiger partial charge is 0.315 e. The van der Waals surface area contributed by atoms with Crippen molar-refractivity contribution in [2.24, 2.45) is 15.3 Å². The third-order valence-corrected chi connectivity index (χ3v) is 8.24. The Bertz CT molecular complexity index is 2100. The molecular weight excluding hydrogens is 686 g/mol. The van der Waals surface area contributed by atoms with Crippen molar-refractivity contribution in [3.63, 3.8) is 0 Å². The molecular formula is C29H28FN9O8S2. The minimum Gasteiger partial charge on any atom is -0.504 e. The molecule has 3 aromatic carbocycles. The van der Waals surface area contributed by atoms with Crippen LogP contribution in [0.25, 0.3) is 0 Å². The van der Waals surface area contributed by atoms with Crippen molar-refractivity contribution in [3.05, 3.63) is 95.9 Å². The lowest BCUT2D eigenvalue weighted by Gasteiger charge is -2.13. The van der Waals surface area contributed by atoms with Gasteiger partial charge in [-0.05, 0) is 24.3 Å². The van der Waals surface area contributed by atoms with Gasteiger partial charge in [-0.15, -0.1) is 10.2 Å². The van der Waals surface area contributed by atoms with E-state index in [9.17, 15) is 35.7 Å². The van der Waals surface area contributed by atoms with E-state index in [1.807, 2.05) is 0 Å². The van der Waals surface area contributed by atoms with E-state index in [2.05, 4.69) is 52.9 Å². The summed E-state index contributed by atoms with van der Waals surface area (Å²) < 4.78 is 76.4. The van der Waals surface area contributed by atoms with Crippen LogP contribution in [0, 0.1) is 6.08 Å². The molecule has 49 heavy (non-hydrogen) atoms. The van der Waals surface area contributed by atoms with Gasteiger partial charge in [0.1, 0.15) is 5.69 Å². The molecule has 0 amide bonds. The number of rotatable bonds is 16. The molecule has 20 heteroatoms. The summed E-state index contributed by atoms with van der Waals surface area (Å²) >= 11 is 0. The van der Waals surface area contributed by atoms with Gasteiger partial charge in [0.25, 0.3) is 10.1 Å². The summed E-state index contributed by atoms with van der Waals surface area (Å²) in [5, 5.41) is 29.4. The molecule has 0 aliphatic carbocycles. The average molecular weight is 714 g/mol. The number of aldehydes is 1. The van der Waals surface area contributed by atoms with Crippen LogP contribution < -0.4 is 16.1 Å². The van der Waals surface area contributed by atoms with E-state index in [0.29, 0.717) is 11.8 Å². The van der Waals surface area contributed by atoms with Crippen LogP contribution in [0.3, 0.4) is 0 Å². The Morgan fingerprint density at radius 3 is 2.37 bits per heavy atom. The Kier molecular flexibility index (Phi) is 12.1. The molecule has 0 spiro atoms. The monoisotopic (exact) mass is 713 g/mol. The van der Waals surface area contributed by atoms with Crippen molar-refractivity contribution in [3.8, 4) is 5.75 Å². The zero-order valence-corrected chi connectivity index (χ0v) is 26.9. The third-order valence-electron chi connectivity index (χ3n) is 6.16. The van der Waals surface area contributed by atoms with Crippen LogP contribution in [0.1, 0.15) is 15.9 Å². The van der Waals surface area contributed by atoms with Gasteiger partial charge in [-0.2, -0.15) is 32.9 Å². The Labute approximate surface area is 279 Å². The number of hydrogen-bond donors (Lipinski definition) is 5. The normalized spacial score (nSPS) is 12.1. The molecule has 256 valence electrons. The fourth-order valence-electron chi connectivity index (χ4n) is 3.76. The molecule has 0 bridgehead atoms. The molecule has 0 aliphatic heterocycles. The number of carbonyl (C=O) groups is 1. The van der Waals surface area contributed by atoms with Crippen LogP contribution >= 0.6 is 0 Å². The maximum atomic E-state index is 14.3. The number of nitrogens with zero attached hydrogens (tertiary/aromatic N) is 6. The molecule has 1 heterocycles. The number of hydrazone groups is 1. The number of sulfone groups is 1. The lowest BCUT2D eigenvalue weighted by Crippen LogP contribution is -2.16. The third kappa shape index (κ3) is 10.7. The number of nitrogens with one attached hydrogen (secondary N) is 3. The predicted octanol–water partition coefficient (Wildman–Crippen LogP) is 4.06. The van der Waals surface area contributed by atoms with E-state index in [0.717, 1.165) is 17.5 Å². The lowest BCUT2D eigenvalue weighted by molar-refractivity contribution is 0.112. The summed E-state index contributed by atoms with van der Waals surface area (Å²) in [7, 11) is -8.29. The fourth-order valence-corrected chi connectivity index (χ4v) is 4.81. The Morgan fingerprint density at radius 1 is 0.959 bits per heavy atom. The van der Waals surface area contributed by atoms with Crippen molar-refractivity contribution in [2.45, 2.75) is 4.90 Å². The number of ether oxygens (including phenoxy) is 1. The van der Waals surface area contributed by atoms with Gasteiger partial charge >= 0.3 is 6.08 Å². The number of carbonyl (C=O) groups excluding carboxylic acids is 1. The largest absolute Gasteiger partial charge is 0.504 e. The Hall–Kier alpha value is -5.70. The number of anilines is 4. The zero-order chi connectivity index (χ0) is 35.4. The highest BCUT2D eigenvalue weighted by molar-refractivity contribution is 7.94. The molecule has 17 nitrogen and oxygen atoms in total. The number of phenols is 1. The van der Waals surface area contributed by atoms with Crippen LogP contribution in [0.4, 0.5) is 33.3 Å². The van der Waals surface area contributed by atoms with Crippen molar-refractivity contribution >= 4 is 61.0 Å². The first-order chi connectivity index (χ1) is 23.4. The zero-order valence-electron chi connectivity index (χ0n) is 25.3. The van der Waals surface area contributed by atoms with Crippen molar-refractivity contribution in [1.82, 2.24) is 15.0 Å². The van der Waals surface area contributed by atoms with Crippen LogP contribution in [0.5, 0.6) is 5.75 Å². The van der Waals surface area contributed by atoms with E-state index in [1.165, 1.54) is 0 Å². The van der Waals surface area contributed by atoms with Gasteiger partial charge in [0, 0.05) is 23.1 Å². The van der Waals surface area contributed by atoms with Gasteiger partial charge in [0.05, 0.1) is 35.2 Å². The van der Waals surface area contributed by atoms with E-state index in [-0.39, 0.29) is 59.9 Å². The summed E-state index contributed by atoms with van der Waals surface area (Å²) in [4.78, 5) is 21.7. The van der Waals surface area contributed by atoms with Crippen molar-refractivity contribution < 1.29 is 40.4 Å². The van der Waals surface area contributed by atoms with Crippen molar-refractivity contribution in [2.75, 3.05) is 41.6 Å². The summed E-state index contributed by atoms with van der Waals surface area (Å²) in [6.45, 7) is 3.14. The second kappa shape index (κ2) is 16.4. The second-order valence-electron chi connectivity index (χ2n) is 9.58. The highest BCUT2D eigenvalue weighted by atomic mass is 32.2. The molecule has 0 radical (unpaired) electrons. The van der Waals surface area contributed by atoms with E-state index < -0.39 is 42.6 Å². The number of hydrogen-bond acceptors (Lipinski definition) is 15. The van der Waals surface area contributed by atoms with E-state index in [4.69, 9.17) is 4.74 Å². The average Bonchev–Trinajstić information content (AvgIpc) is 3.07. The minimum absolute atomic E-state index is 0.00357. The van der Waals surface area contributed by atoms with Gasteiger partial charge < -0.3 is 20.5 Å². The Morgan fingerprint density at radius 2 is 1.65 bits per heavy atom. The molecule has 0 fully saturated rings. The molecule has 4 aromatic rings. The summed E-state index contributed by atoms with van der Waals surface area (Å²) in [5.41, 5.74) is 2.71. The van der Waals surface area contributed by atoms with Gasteiger partial charge in [-0.3, -0.25) is 14.8 Å². The van der Waals surface area contributed by atoms with Crippen LogP contribution in [-0.4, -0.2) is 79.1 Å². The molecule has 5 N–H and O–H groups in total. The van der Waals surface area contributed by atoms with Gasteiger partial charge in [0.15, 0.2) is 21.9 Å². The first-order valence-corrected chi connectivity index (χ1v) is 17.1. The minimum atomic E-state index is -4.86. The number of aromatic hydroxyl groups is 1. The fraction of sp³-hybridized carbons (Fsp3) is 0.138. The SMILES string of the molecule is C=CS(=O)(=O)CCOCCNc1nc(F)nc(Nc2cc(S(=O)(=O)O)cc(NN=C(N=Nc3ccccc3C=O)c3ccccc3)c2O)n1. The van der Waals surface area contributed by atoms with Crippen LogP contribution in [0.2, 0.25) is 0 Å². The second-order valence-corrected chi connectivity index (χ2v) is 13.1. The summed E-state index contributed by atoms with van der Waals surface area (Å²) in [5.74, 6) is -1.72. The molecule has 1 aromatic heterocycles. The number of phenolic OH excluding ortho intramolecular Hbond substituents is 1. The van der Waals surface area contributed by atoms with Crippen LogP contribution in [0.15, 0.2) is 98.9 Å². The first-order valence-electron chi connectivity index (χ1n) is 13.9.